The van der Waals surface area contributed by atoms with Crippen LogP contribution in [0.3, 0.4) is 0 Å². The van der Waals surface area contributed by atoms with Crippen LogP contribution in [0.2, 0.25) is 5.02 Å². The smallest absolute Gasteiger partial charge is 0.408 e. The zero-order chi connectivity index (χ0) is 28.6. The number of nitrogens with two attached hydrogens (primary N) is 1. The molecule has 0 aliphatic carbocycles. The average molecular weight is 537 g/mol. The normalized spacial score (nSPS) is 12.2. The van der Waals surface area contributed by atoms with Crippen molar-refractivity contribution in [2.24, 2.45) is 5.73 Å². The third kappa shape index (κ3) is 7.76. The monoisotopic (exact) mass is 536 g/mol. The number of halogens is 1. The van der Waals surface area contributed by atoms with Crippen molar-refractivity contribution in [1.29, 1.82) is 0 Å². The Bertz CT molecular complexity index is 1300. The van der Waals surface area contributed by atoms with E-state index in [1.807, 2.05) is 0 Å². The second-order valence-corrected chi connectivity index (χ2v) is 9.67. The van der Waals surface area contributed by atoms with Gasteiger partial charge in [0.2, 0.25) is 5.91 Å². The molecule has 2 aromatic carbocycles. The standard InChI is InChI=1S/C28H29ClN4O5/c1-7-18-13-9-10-14-19(18)24(25(35)32-23-17(3)12-11-15-20(23)29)33(8-2)26(36)21(16-22(30)34)31-27(37)38-28(4,5)6/h1-2,9-15,21,24H,16H2,3-6H3,(H2,30,34)(H,31,37)(H,32,35). The highest BCUT2D eigenvalue weighted by atomic mass is 35.5. The van der Waals surface area contributed by atoms with Gasteiger partial charge in [-0.05, 0) is 45.4 Å². The maximum Gasteiger partial charge on any atom is 0.408 e. The number of amides is 4. The zero-order valence-corrected chi connectivity index (χ0v) is 22.3. The Hall–Kier alpha value is -4.47. The molecule has 2 aromatic rings. The highest BCUT2D eigenvalue weighted by Crippen LogP contribution is 2.30. The van der Waals surface area contributed by atoms with E-state index in [0.717, 1.165) is 4.90 Å². The van der Waals surface area contributed by atoms with Crippen molar-refractivity contribution >= 4 is 41.1 Å². The van der Waals surface area contributed by atoms with E-state index in [1.165, 1.54) is 0 Å². The number of hydrogen-bond acceptors (Lipinski definition) is 5. The Morgan fingerprint density at radius 1 is 1.11 bits per heavy atom. The molecular formula is C28H29ClN4O5. The summed E-state index contributed by atoms with van der Waals surface area (Å²) < 4.78 is 5.20. The lowest BCUT2D eigenvalue weighted by molar-refractivity contribution is -0.138. The minimum Gasteiger partial charge on any atom is -0.444 e. The first kappa shape index (κ1) is 29.8. The number of alkyl carbamates (subject to hydrolysis) is 1. The summed E-state index contributed by atoms with van der Waals surface area (Å²) in [5.74, 6) is -0.106. The number of terminal acetylenes is 2. The molecule has 0 bridgehead atoms. The predicted octanol–water partition coefficient (Wildman–Crippen LogP) is 3.50. The summed E-state index contributed by atoms with van der Waals surface area (Å²) in [7, 11) is 0. The van der Waals surface area contributed by atoms with Crippen molar-refractivity contribution in [3.8, 4) is 24.8 Å². The molecule has 0 fully saturated rings. The van der Waals surface area contributed by atoms with E-state index < -0.39 is 47.9 Å². The number of anilines is 1. The molecule has 0 aliphatic heterocycles. The van der Waals surface area contributed by atoms with Crippen LogP contribution in [0.1, 0.15) is 49.9 Å². The summed E-state index contributed by atoms with van der Waals surface area (Å²) >= 11 is 6.30. The van der Waals surface area contributed by atoms with Crippen molar-refractivity contribution in [3.63, 3.8) is 0 Å². The molecule has 0 spiro atoms. The van der Waals surface area contributed by atoms with Crippen LogP contribution in [-0.2, 0) is 19.1 Å². The summed E-state index contributed by atoms with van der Waals surface area (Å²) in [5, 5.41) is 5.30. The van der Waals surface area contributed by atoms with Crippen LogP contribution >= 0.6 is 11.6 Å². The van der Waals surface area contributed by atoms with Gasteiger partial charge in [0.1, 0.15) is 11.6 Å². The summed E-state index contributed by atoms with van der Waals surface area (Å²) in [4.78, 5) is 52.3. The van der Waals surface area contributed by atoms with Gasteiger partial charge in [0, 0.05) is 17.2 Å². The van der Waals surface area contributed by atoms with Crippen LogP contribution in [0.15, 0.2) is 42.5 Å². The van der Waals surface area contributed by atoms with Gasteiger partial charge in [-0.2, -0.15) is 0 Å². The van der Waals surface area contributed by atoms with E-state index >= 15 is 0 Å². The molecule has 198 valence electrons. The van der Waals surface area contributed by atoms with Gasteiger partial charge in [-0.15, -0.1) is 6.42 Å². The maximum absolute atomic E-state index is 13.7. The molecule has 2 atom stereocenters. The SMILES string of the molecule is C#Cc1ccccc1C(C(=O)Nc1c(C)cccc1Cl)N(C#C)C(=O)C(CC(N)=O)NC(=O)OC(C)(C)C. The molecule has 0 saturated heterocycles. The van der Waals surface area contributed by atoms with Gasteiger partial charge < -0.3 is 21.1 Å². The fraction of sp³-hybridized carbons (Fsp3) is 0.286. The molecule has 9 nitrogen and oxygen atoms in total. The Balaban J connectivity index is 2.58. The second kappa shape index (κ2) is 12.7. The number of carbonyl (C=O) groups is 4. The fourth-order valence-electron chi connectivity index (χ4n) is 3.53. The first-order valence-corrected chi connectivity index (χ1v) is 11.9. The zero-order valence-electron chi connectivity index (χ0n) is 21.5. The summed E-state index contributed by atoms with van der Waals surface area (Å²) in [5.41, 5.74) is 5.94. The van der Waals surface area contributed by atoms with E-state index in [0.29, 0.717) is 16.8 Å². The van der Waals surface area contributed by atoms with Gasteiger partial charge in [-0.3, -0.25) is 19.3 Å². The lowest BCUT2D eigenvalue weighted by atomic mass is 9.97. The molecule has 10 heteroatoms. The number of rotatable bonds is 8. The van der Waals surface area contributed by atoms with E-state index in [2.05, 4.69) is 22.6 Å². The van der Waals surface area contributed by atoms with Gasteiger partial charge in [0.25, 0.3) is 11.8 Å². The molecule has 0 heterocycles. The van der Waals surface area contributed by atoms with Crippen LogP contribution in [0.5, 0.6) is 0 Å². The van der Waals surface area contributed by atoms with E-state index in [4.69, 9.17) is 34.9 Å². The molecule has 38 heavy (non-hydrogen) atoms. The first-order chi connectivity index (χ1) is 17.8. The molecule has 4 amide bonds. The summed E-state index contributed by atoms with van der Waals surface area (Å²) in [6.07, 6.45) is 9.81. The number of para-hydroxylation sites is 1. The largest absolute Gasteiger partial charge is 0.444 e. The van der Waals surface area contributed by atoms with Crippen LogP contribution in [0.25, 0.3) is 0 Å². The third-order valence-corrected chi connectivity index (χ3v) is 5.47. The van der Waals surface area contributed by atoms with Gasteiger partial charge in [0.05, 0.1) is 17.1 Å². The number of aryl methyl sites for hydroxylation is 1. The Kier molecular flexibility index (Phi) is 9.92. The number of benzene rings is 2. The highest BCUT2D eigenvalue weighted by Gasteiger charge is 2.37. The molecule has 0 aromatic heterocycles. The second-order valence-electron chi connectivity index (χ2n) is 9.26. The van der Waals surface area contributed by atoms with E-state index in [9.17, 15) is 19.2 Å². The highest BCUT2D eigenvalue weighted by molar-refractivity contribution is 6.34. The van der Waals surface area contributed by atoms with Crippen molar-refractivity contribution in [3.05, 3.63) is 64.2 Å². The van der Waals surface area contributed by atoms with Gasteiger partial charge in [-0.25, -0.2) is 4.79 Å². The molecule has 0 aliphatic rings. The molecule has 0 radical (unpaired) electrons. The van der Waals surface area contributed by atoms with Crippen molar-refractivity contribution < 1.29 is 23.9 Å². The lowest BCUT2D eigenvalue weighted by Crippen LogP contribution is -2.52. The molecule has 2 unspecified atom stereocenters. The number of nitrogens with one attached hydrogen (secondary N) is 2. The van der Waals surface area contributed by atoms with Gasteiger partial charge in [-0.1, -0.05) is 54.3 Å². The van der Waals surface area contributed by atoms with E-state index in [1.54, 1.807) is 70.2 Å². The van der Waals surface area contributed by atoms with Crippen LogP contribution < -0.4 is 16.4 Å². The third-order valence-electron chi connectivity index (χ3n) is 5.16. The summed E-state index contributed by atoms with van der Waals surface area (Å²) in [6.45, 7) is 6.61. The minimum absolute atomic E-state index is 0.235. The van der Waals surface area contributed by atoms with Crippen molar-refractivity contribution in [1.82, 2.24) is 10.2 Å². The minimum atomic E-state index is -1.53. The number of hydrogen-bond donors (Lipinski definition) is 3. The molecular weight excluding hydrogens is 508 g/mol. The van der Waals surface area contributed by atoms with Crippen LogP contribution in [0.4, 0.5) is 10.5 Å². The maximum atomic E-state index is 13.7. The van der Waals surface area contributed by atoms with E-state index in [-0.39, 0.29) is 10.6 Å². The summed E-state index contributed by atoms with van der Waals surface area (Å²) in [6, 6.07) is 10.6. The quantitative estimate of drug-likeness (QED) is 0.351. The Morgan fingerprint density at radius 3 is 2.32 bits per heavy atom. The number of primary amides is 1. The molecule has 0 saturated carbocycles. The van der Waals surface area contributed by atoms with Crippen LogP contribution in [0, 0.1) is 31.7 Å². The predicted molar refractivity (Wildman–Crippen MR) is 145 cm³/mol. The number of nitrogens with zero attached hydrogens (tertiary/aromatic N) is 1. The first-order valence-electron chi connectivity index (χ1n) is 11.5. The fourth-order valence-corrected chi connectivity index (χ4v) is 3.80. The molecule has 2 rings (SSSR count). The van der Waals surface area contributed by atoms with Crippen molar-refractivity contribution in [2.45, 2.75) is 51.8 Å². The van der Waals surface area contributed by atoms with Gasteiger partial charge in [0.15, 0.2) is 6.04 Å². The number of ether oxygens (including phenoxy) is 1. The molecule has 4 N–H and O–H groups in total. The van der Waals surface area contributed by atoms with Crippen molar-refractivity contribution in [2.75, 3.05) is 5.32 Å². The Labute approximate surface area is 227 Å². The Morgan fingerprint density at radius 2 is 1.76 bits per heavy atom. The average Bonchev–Trinajstić information content (AvgIpc) is 2.82. The van der Waals surface area contributed by atoms with Gasteiger partial charge >= 0.3 is 6.09 Å². The number of carbonyl (C=O) groups excluding carboxylic acids is 4. The van der Waals surface area contributed by atoms with Crippen LogP contribution in [-0.4, -0.2) is 40.4 Å². The lowest BCUT2D eigenvalue weighted by Gasteiger charge is -2.30. The topological polar surface area (TPSA) is 131 Å².